The summed E-state index contributed by atoms with van der Waals surface area (Å²) in [5, 5.41) is 10.1. The third-order valence-corrected chi connectivity index (χ3v) is 3.94. The van der Waals surface area contributed by atoms with E-state index in [1.54, 1.807) is 36.8 Å². The maximum Gasteiger partial charge on any atom is 0.322 e. The summed E-state index contributed by atoms with van der Waals surface area (Å²) in [7, 11) is 1.33. The van der Waals surface area contributed by atoms with Gasteiger partial charge in [-0.1, -0.05) is 12.1 Å². The minimum Gasteiger partial charge on any atom is -0.507 e. The van der Waals surface area contributed by atoms with Crippen molar-refractivity contribution in [3.8, 4) is 11.5 Å². The van der Waals surface area contributed by atoms with Gasteiger partial charge in [0, 0.05) is 30.7 Å². The smallest absolute Gasteiger partial charge is 0.322 e. The van der Waals surface area contributed by atoms with E-state index in [1.165, 1.54) is 7.11 Å². The first-order valence-electron chi connectivity index (χ1n) is 8.78. The van der Waals surface area contributed by atoms with Gasteiger partial charge in [0.2, 0.25) is 0 Å². The topological polar surface area (TPSA) is 107 Å². The molecule has 144 valence electrons. The third-order valence-electron chi connectivity index (χ3n) is 3.94. The molecule has 0 amide bonds. The Morgan fingerprint density at radius 3 is 2.93 bits per heavy atom. The maximum absolute atomic E-state index is 11.2. The Balaban J connectivity index is 1.86. The maximum atomic E-state index is 11.2. The molecule has 0 spiro atoms. The molecular weight excluding hydrogens is 346 g/mol. The van der Waals surface area contributed by atoms with Crippen LogP contribution >= 0.6 is 0 Å². The van der Waals surface area contributed by atoms with E-state index < -0.39 is 12.0 Å². The lowest BCUT2D eigenvalue weighted by atomic mass is 10.1. The van der Waals surface area contributed by atoms with Crippen LogP contribution in [0.2, 0.25) is 0 Å². The van der Waals surface area contributed by atoms with Crippen LogP contribution < -0.4 is 10.5 Å². The summed E-state index contributed by atoms with van der Waals surface area (Å²) in [5.74, 6) is 0.258. The number of aromatic nitrogens is 1. The Bertz CT molecular complexity index is 750. The molecule has 7 nitrogen and oxygen atoms in total. The van der Waals surface area contributed by atoms with Crippen LogP contribution in [0.25, 0.3) is 0 Å². The Kier molecular flexibility index (Phi) is 8.25. The second-order valence-corrected chi connectivity index (χ2v) is 6.00. The molecule has 0 saturated carbocycles. The van der Waals surface area contributed by atoms with Gasteiger partial charge in [0.25, 0.3) is 0 Å². The first-order valence-corrected chi connectivity index (χ1v) is 8.78. The molecule has 0 aliphatic carbocycles. The lowest BCUT2D eigenvalue weighted by Gasteiger charge is -2.10. The molecule has 0 radical (unpaired) electrons. The van der Waals surface area contributed by atoms with Gasteiger partial charge < -0.3 is 20.3 Å². The number of methoxy groups -OCH3 is 1. The second-order valence-electron chi connectivity index (χ2n) is 6.00. The quantitative estimate of drug-likeness (QED) is 0.377. The number of benzene rings is 1. The number of rotatable bonds is 10. The fourth-order valence-corrected chi connectivity index (χ4v) is 2.43. The molecule has 1 unspecified atom stereocenters. The monoisotopic (exact) mass is 371 g/mol. The standard InChI is InChI=1S/C20H25N3O4/c1-26-20(25)17(21)7-2-3-10-23-13-16-18(24)8-4-9-19(16)27-14-15-6-5-11-22-12-15/h4-6,8-9,11-13,17,24H,2-3,7,10,14,21H2,1H3. The van der Waals surface area contributed by atoms with Crippen LogP contribution in [-0.4, -0.2) is 42.0 Å². The normalized spacial score (nSPS) is 12.1. The summed E-state index contributed by atoms with van der Waals surface area (Å²) < 4.78 is 10.4. The number of phenolic OH excluding ortho intramolecular Hbond substituents is 1. The highest BCUT2D eigenvalue weighted by Gasteiger charge is 2.12. The van der Waals surface area contributed by atoms with E-state index in [1.807, 2.05) is 12.1 Å². The summed E-state index contributed by atoms with van der Waals surface area (Å²) in [6.07, 6.45) is 7.13. The minimum absolute atomic E-state index is 0.107. The Morgan fingerprint density at radius 2 is 2.19 bits per heavy atom. The number of nitrogens with two attached hydrogens (primary N) is 1. The van der Waals surface area contributed by atoms with E-state index in [4.69, 9.17) is 10.5 Å². The van der Waals surface area contributed by atoms with Crippen LogP contribution in [0.4, 0.5) is 0 Å². The van der Waals surface area contributed by atoms with Gasteiger partial charge >= 0.3 is 5.97 Å². The molecule has 1 aromatic heterocycles. The molecule has 0 saturated heterocycles. The molecule has 0 bridgehead atoms. The van der Waals surface area contributed by atoms with E-state index in [2.05, 4.69) is 14.7 Å². The molecule has 0 aliphatic rings. The number of carbonyl (C=O) groups excluding carboxylic acids is 1. The van der Waals surface area contributed by atoms with Gasteiger partial charge in [-0.3, -0.25) is 14.8 Å². The van der Waals surface area contributed by atoms with Gasteiger partial charge in [0.05, 0.1) is 12.7 Å². The first kappa shape index (κ1) is 20.4. The summed E-state index contributed by atoms with van der Waals surface area (Å²) in [5.41, 5.74) is 7.16. The molecule has 1 aromatic carbocycles. The van der Waals surface area contributed by atoms with E-state index in [-0.39, 0.29) is 5.75 Å². The highest BCUT2D eigenvalue weighted by Crippen LogP contribution is 2.26. The van der Waals surface area contributed by atoms with E-state index >= 15 is 0 Å². The van der Waals surface area contributed by atoms with Crippen LogP contribution in [0.15, 0.2) is 47.7 Å². The number of hydrogen-bond acceptors (Lipinski definition) is 7. The van der Waals surface area contributed by atoms with E-state index in [0.29, 0.717) is 30.9 Å². The van der Waals surface area contributed by atoms with Crippen LogP contribution in [0.5, 0.6) is 11.5 Å². The van der Waals surface area contributed by atoms with Crippen LogP contribution in [0, 0.1) is 0 Å². The molecule has 1 heterocycles. The molecule has 1 atom stereocenters. The van der Waals surface area contributed by atoms with Crippen LogP contribution in [-0.2, 0) is 16.1 Å². The number of pyridine rings is 1. The molecule has 0 fully saturated rings. The van der Waals surface area contributed by atoms with Crippen molar-refractivity contribution in [2.75, 3.05) is 13.7 Å². The predicted molar refractivity (Wildman–Crippen MR) is 103 cm³/mol. The van der Waals surface area contributed by atoms with Crippen LogP contribution in [0.1, 0.15) is 30.4 Å². The lowest BCUT2D eigenvalue weighted by Crippen LogP contribution is -2.31. The van der Waals surface area contributed by atoms with Crippen molar-refractivity contribution in [2.24, 2.45) is 10.7 Å². The molecule has 7 heteroatoms. The average Bonchev–Trinajstić information content (AvgIpc) is 2.70. The van der Waals surface area contributed by atoms with Gasteiger partial charge in [-0.2, -0.15) is 0 Å². The van der Waals surface area contributed by atoms with Gasteiger partial charge in [-0.25, -0.2) is 0 Å². The van der Waals surface area contributed by atoms with Gasteiger partial charge in [-0.15, -0.1) is 0 Å². The zero-order chi connectivity index (χ0) is 19.5. The van der Waals surface area contributed by atoms with E-state index in [9.17, 15) is 9.90 Å². The summed E-state index contributed by atoms with van der Waals surface area (Å²) >= 11 is 0. The number of aliphatic imine (C=N–C) groups is 1. The molecule has 27 heavy (non-hydrogen) atoms. The van der Waals surface area contributed by atoms with E-state index in [0.717, 1.165) is 18.4 Å². The summed E-state index contributed by atoms with van der Waals surface area (Å²) in [6, 6.07) is 8.27. The molecule has 0 aliphatic heterocycles. The minimum atomic E-state index is -0.593. The number of unbranched alkanes of at least 4 members (excludes halogenated alkanes) is 1. The van der Waals surface area contributed by atoms with Crippen molar-refractivity contribution in [1.29, 1.82) is 0 Å². The Morgan fingerprint density at radius 1 is 1.33 bits per heavy atom. The number of aromatic hydroxyl groups is 1. The van der Waals surface area contributed by atoms with Crippen LogP contribution in [0.3, 0.4) is 0 Å². The SMILES string of the molecule is COC(=O)C(N)CCCCN=Cc1c(O)cccc1OCc1cccnc1. The fourth-order valence-electron chi connectivity index (χ4n) is 2.43. The van der Waals surface area contributed by atoms with Gasteiger partial charge in [0.15, 0.2) is 0 Å². The van der Waals surface area contributed by atoms with Crippen molar-refractivity contribution < 1.29 is 19.4 Å². The second kappa shape index (κ2) is 10.9. The van der Waals surface area contributed by atoms with Crippen molar-refractivity contribution in [1.82, 2.24) is 4.98 Å². The average molecular weight is 371 g/mol. The number of hydrogen-bond donors (Lipinski definition) is 2. The fraction of sp³-hybridized carbons (Fsp3) is 0.350. The number of esters is 1. The molecular formula is C20H25N3O4. The zero-order valence-electron chi connectivity index (χ0n) is 15.4. The van der Waals surface area contributed by atoms with Gasteiger partial charge in [-0.05, 0) is 37.5 Å². The number of carbonyl (C=O) groups is 1. The number of ether oxygens (including phenoxy) is 2. The van der Waals surface area contributed by atoms with Crippen molar-refractivity contribution >= 4 is 12.2 Å². The third kappa shape index (κ3) is 6.71. The Labute approximate surface area is 158 Å². The largest absolute Gasteiger partial charge is 0.507 e. The molecule has 2 aromatic rings. The molecule has 2 rings (SSSR count). The van der Waals surface area contributed by atoms with Crippen molar-refractivity contribution in [3.63, 3.8) is 0 Å². The highest BCUT2D eigenvalue weighted by atomic mass is 16.5. The van der Waals surface area contributed by atoms with Crippen molar-refractivity contribution in [2.45, 2.75) is 31.9 Å². The number of phenols is 1. The summed E-state index contributed by atoms with van der Waals surface area (Å²) in [4.78, 5) is 19.6. The Hall–Kier alpha value is -2.93. The zero-order valence-corrected chi connectivity index (χ0v) is 15.4. The number of nitrogens with zero attached hydrogens (tertiary/aromatic N) is 2. The highest BCUT2D eigenvalue weighted by molar-refractivity contribution is 5.87. The van der Waals surface area contributed by atoms with Gasteiger partial charge in [0.1, 0.15) is 24.1 Å². The summed E-state index contributed by atoms with van der Waals surface area (Å²) in [6.45, 7) is 0.911. The van der Waals surface area contributed by atoms with Crippen molar-refractivity contribution in [3.05, 3.63) is 53.9 Å². The lowest BCUT2D eigenvalue weighted by molar-refractivity contribution is -0.142. The first-order chi connectivity index (χ1) is 13.1. The predicted octanol–water partition coefficient (Wildman–Crippen LogP) is 2.46. The molecule has 3 N–H and O–H groups in total.